The van der Waals surface area contributed by atoms with Crippen LogP contribution in [0.5, 0.6) is 5.75 Å². The van der Waals surface area contributed by atoms with Gasteiger partial charge in [0.25, 0.3) is 5.91 Å². The molecule has 37 heavy (non-hydrogen) atoms. The predicted molar refractivity (Wildman–Crippen MR) is 148 cm³/mol. The van der Waals surface area contributed by atoms with Crippen molar-refractivity contribution in [1.82, 2.24) is 19.9 Å². The van der Waals surface area contributed by atoms with Gasteiger partial charge < -0.3 is 10.1 Å². The first-order valence-corrected chi connectivity index (χ1v) is 13.1. The van der Waals surface area contributed by atoms with E-state index in [1.54, 1.807) is 25.1 Å². The summed E-state index contributed by atoms with van der Waals surface area (Å²) in [5, 5.41) is 3.98. The molecule has 0 fully saturated rings. The average molecular weight is 509 g/mol. The molecule has 0 saturated carbocycles. The number of rotatable bonds is 9. The average Bonchev–Trinajstić information content (AvgIpc) is 3.30. The molecule has 0 saturated heterocycles. The van der Waals surface area contributed by atoms with Crippen LogP contribution in [0, 0.1) is 0 Å². The second kappa shape index (κ2) is 11.3. The highest BCUT2D eigenvalue weighted by molar-refractivity contribution is 7.98. The molecule has 2 aromatic heterocycles. The fraction of sp³-hybridized carbons (Fsp3) is 0.167. The number of aromatic nitrogens is 3. The fourth-order valence-corrected chi connectivity index (χ4v) is 5.07. The number of amides is 1. The van der Waals surface area contributed by atoms with Crippen molar-refractivity contribution < 1.29 is 9.53 Å². The van der Waals surface area contributed by atoms with Crippen LogP contribution in [0.2, 0.25) is 0 Å². The highest BCUT2D eigenvalue weighted by Crippen LogP contribution is 2.27. The molecule has 1 atom stereocenters. The molecular formula is C30H28N4O2S. The number of fused-ring (bicyclic) bond motifs is 1. The quantitative estimate of drug-likeness (QED) is 0.238. The largest absolute Gasteiger partial charge is 0.497 e. The van der Waals surface area contributed by atoms with E-state index in [1.807, 2.05) is 85.8 Å². The minimum Gasteiger partial charge on any atom is -0.497 e. The summed E-state index contributed by atoms with van der Waals surface area (Å²) in [6.07, 6.45) is 1.80. The first-order valence-electron chi connectivity index (χ1n) is 12.1. The van der Waals surface area contributed by atoms with E-state index >= 15 is 0 Å². The van der Waals surface area contributed by atoms with Crippen molar-refractivity contribution >= 4 is 28.8 Å². The number of carbonyl (C=O) groups excluding carboxylic acids is 1. The van der Waals surface area contributed by atoms with Crippen LogP contribution in [-0.2, 0) is 12.3 Å². The lowest BCUT2D eigenvalue weighted by Gasteiger charge is -2.14. The monoisotopic (exact) mass is 508 g/mol. The highest BCUT2D eigenvalue weighted by atomic mass is 32.2. The van der Waals surface area contributed by atoms with Gasteiger partial charge in [0.05, 0.1) is 19.7 Å². The van der Waals surface area contributed by atoms with Crippen molar-refractivity contribution in [3.63, 3.8) is 0 Å². The van der Waals surface area contributed by atoms with Gasteiger partial charge in [0.1, 0.15) is 11.3 Å². The molecule has 0 aliphatic heterocycles. The maximum absolute atomic E-state index is 12.7. The number of thioether (sulfide) groups is 1. The van der Waals surface area contributed by atoms with E-state index < -0.39 is 0 Å². The van der Waals surface area contributed by atoms with E-state index in [4.69, 9.17) is 9.72 Å². The lowest BCUT2D eigenvalue weighted by atomic mass is 10.1. The Kier molecular flexibility index (Phi) is 7.51. The van der Waals surface area contributed by atoms with E-state index in [0.717, 1.165) is 44.5 Å². The molecule has 5 rings (SSSR count). The summed E-state index contributed by atoms with van der Waals surface area (Å²) >= 11 is 1.66. The minimum atomic E-state index is -0.0806. The Hall–Kier alpha value is -4.10. The van der Waals surface area contributed by atoms with Crippen molar-refractivity contribution in [2.24, 2.45) is 0 Å². The Morgan fingerprint density at radius 3 is 2.41 bits per heavy atom. The van der Waals surface area contributed by atoms with Gasteiger partial charge >= 0.3 is 0 Å². The van der Waals surface area contributed by atoms with Gasteiger partial charge in [-0.25, -0.2) is 9.97 Å². The number of ether oxygens (including phenoxy) is 1. The molecular weight excluding hydrogens is 480 g/mol. The number of hydrogen-bond acceptors (Lipinski definition) is 5. The van der Waals surface area contributed by atoms with Crippen LogP contribution in [0.3, 0.4) is 0 Å². The van der Waals surface area contributed by atoms with Gasteiger partial charge in [-0.05, 0) is 60.0 Å². The van der Waals surface area contributed by atoms with Crippen molar-refractivity contribution in [2.45, 2.75) is 30.4 Å². The highest BCUT2D eigenvalue weighted by Gasteiger charge is 2.14. The van der Waals surface area contributed by atoms with Crippen LogP contribution < -0.4 is 10.1 Å². The normalized spacial score (nSPS) is 11.8. The van der Waals surface area contributed by atoms with Gasteiger partial charge in [0.2, 0.25) is 0 Å². The SMILES string of the molecule is COc1ccc(Cn2c(SCc3ccc(C(=O)N[C@@H](C)c4ccccc4)cc3)nc3cccnc32)cc1. The lowest BCUT2D eigenvalue weighted by molar-refractivity contribution is 0.0940. The second-order valence-electron chi connectivity index (χ2n) is 8.77. The van der Waals surface area contributed by atoms with Crippen molar-refractivity contribution in [3.05, 3.63) is 119 Å². The molecule has 3 aromatic carbocycles. The molecule has 0 unspecified atom stereocenters. The summed E-state index contributed by atoms with van der Waals surface area (Å²) in [7, 11) is 1.67. The molecule has 1 amide bonds. The zero-order valence-corrected chi connectivity index (χ0v) is 21.6. The summed E-state index contributed by atoms with van der Waals surface area (Å²) in [5.74, 6) is 1.48. The van der Waals surface area contributed by atoms with E-state index in [-0.39, 0.29) is 11.9 Å². The summed E-state index contributed by atoms with van der Waals surface area (Å²) in [6, 6.07) is 29.6. The van der Waals surface area contributed by atoms with Crippen LogP contribution in [0.1, 0.15) is 40.0 Å². The zero-order valence-electron chi connectivity index (χ0n) is 20.8. The Morgan fingerprint density at radius 2 is 1.68 bits per heavy atom. The van der Waals surface area contributed by atoms with Crippen molar-refractivity contribution in [3.8, 4) is 5.75 Å². The Balaban J connectivity index is 1.27. The smallest absolute Gasteiger partial charge is 0.251 e. The molecule has 7 heteroatoms. The topological polar surface area (TPSA) is 69.0 Å². The molecule has 5 aromatic rings. The third-order valence-electron chi connectivity index (χ3n) is 6.20. The number of pyridine rings is 1. The van der Waals surface area contributed by atoms with Gasteiger partial charge in [-0.15, -0.1) is 0 Å². The van der Waals surface area contributed by atoms with Crippen LogP contribution in [0.15, 0.2) is 102 Å². The van der Waals surface area contributed by atoms with E-state index in [9.17, 15) is 4.79 Å². The molecule has 6 nitrogen and oxygen atoms in total. The van der Waals surface area contributed by atoms with Gasteiger partial charge in [-0.2, -0.15) is 0 Å². The van der Waals surface area contributed by atoms with Gasteiger partial charge in [-0.3, -0.25) is 9.36 Å². The minimum absolute atomic E-state index is 0.0590. The molecule has 0 aliphatic carbocycles. The summed E-state index contributed by atoms with van der Waals surface area (Å²) in [5.41, 5.74) is 5.73. The first kappa shape index (κ1) is 24.6. The Morgan fingerprint density at radius 1 is 0.946 bits per heavy atom. The van der Waals surface area contributed by atoms with Gasteiger partial charge in [0, 0.05) is 17.5 Å². The number of nitrogens with one attached hydrogen (secondary N) is 1. The van der Waals surface area contributed by atoms with Crippen LogP contribution in [-0.4, -0.2) is 27.6 Å². The third kappa shape index (κ3) is 5.84. The Labute approximate surface area is 220 Å². The summed E-state index contributed by atoms with van der Waals surface area (Å²) < 4.78 is 7.43. The van der Waals surface area contributed by atoms with Crippen molar-refractivity contribution in [2.75, 3.05) is 7.11 Å². The molecule has 0 aliphatic rings. The zero-order chi connectivity index (χ0) is 25.6. The summed E-state index contributed by atoms with van der Waals surface area (Å²) in [6.45, 7) is 2.66. The van der Waals surface area contributed by atoms with Gasteiger partial charge in [-0.1, -0.05) is 66.4 Å². The van der Waals surface area contributed by atoms with E-state index in [0.29, 0.717) is 12.1 Å². The molecule has 186 valence electrons. The van der Waals surface area contributed by atoms with E-state index in [1.165, 1.54) is 0 Å². The maximum atomic E-state index is 12.7. The number of nitrogens with zero attached hydrogens (tertiary/aromatic N) is 3. The van der Waals surface area contributed by atoms with Gasteiger partial charge in [0.15, 0.2) is 10.8 Å². The number of imidazole rings is 1. The summed E-state index contributed by atoms with van der Waals surface area (Å²) in [4.78, 5) is 22.2. The molecule has 0 bridgehead atoms. The Bertz CT molecular complexity index is 1480. The van der Waals surface area contributed by atoms with Crippen LogP contribution >= 0.6 is 11.8 Å². The molecule has 2 heterocycles. The number of benzene rings is 3. The van der Waals surface area contributed by atoms with Crippen LogP contribution in [0.4, 0.5) is 0 Å². The third-order valence-corrected chi connectivity index (χ3v) is 7.25. The fourth-order valence-electron chi connectivity index (χ4n) is 4.11. The standard InChI is InChI=1S/C30H28N4O2S/c1-21(24-7-4-3-5-8-24)32-29(35)25-14-10-23(11-15-25)20-37-30-33-27-9-6-18-31-28(27)34(30)19-22-12-16-26(36-2)17-13-22/h3-18,21H,19-20H2,1-2H3,(H,32,35)/t21-/m0/s1. The molecule has 1 N–H and O–H groups in total. The maximum Gasteiger partial charge on any atom is 0.251 e. The van der Waals surface area contributed by atoms with Crippen LogP contribution in [0.25, 0.3) is 11.2 Å². The van der Waals surface area contributed by atoms with Crippen molar-refractivity contribution in [1.29, 1.82) is 0 Å². The molecule has 0 spiro atoms. The van der Waals surface area contributed by atoms with E-state index in [2.05, 4.69) is 27.0 Å². The first-order chi connectivity index (χ1) is 18.1. The number of hydrogen-bond donors (Lipinski definition) is 1. The predicted octanol–water partition coefficient (Wildman–Crippen LogP) is 6.27. The number of carbonyl (C=O) groups is 1. The lowest BCUT2D eigenvalue weighted by Crippen LogP contribution is -2.26. The molecule has 0 radical (unpaired) electrons. The second-order valence-corrected chi connectivity index (χ2v) is 9.71. The number of methoxy groups -OCH3 is 1.